The molecule has 1 atom stereocenters. The van der Waals surface area contributed by atoms with Crippen molar-refractivity contribution in [1.82, 2.24) is 4.98 Å². The van der Waals surface area contributed by atoms with Gasteiger partial charge in [0.1, 0.15) is 0 Å². The molecule has 1 aromatic heterocycles. The maximum atomic E-state index is 11.6. The van der Waals surface area contributed by atoms with Gasteiger partial charge in [0.25, 0.3) is 0 Å². The lowest BCUT2D eigenvalue weighted by molar-refractivity contribution is -0.117. The van der Waals surface area contributed by atoms with Crippen molar-refractivity contribution in [2.45, 2.75) is 25.8 Å². The Bertz CT molecular complexity index is 399. The van der Waals surface area contributed by atoms with Crippen molar-refractivity contribution in [3.05, 3.63) is 18.3 Å². The van der Waals surface area contributed by atoms with Crippen LogP contribution in [0.3, 0.4) is 0 Å². The molecule has 1 amide bonds. The van der Waals surface area contributed by atoms with E-state index in [1.807, 2.05) is 12.1 Å². The number of rotatable bonds is 3. The summed E-state index contributed by atoms with van der Waals surface area (Å²) in [6.07, 6.45) is 4.10. The van der Waals surface area contributed by atoms with E-state index in [4.69, 9.17) is 5.73 Å². The molecule has 0 radical (unpaired) electrons. The highest BCUT2D eigenvalue weighted by Crippen LogP contribution is 2.25. The minimum atomic E-state index is -0.512. The Balaban J connectivity index is 2.18. The maximum Gasteiger partial charge on any atom is 0.241 e. The van der Waals surface area contributed by atoms with Crippen molar-refractivity contribution in [3.63, 3.8) is 0 Å². The second-order valence-corrected chi connectivity index (χ2v) is 4.35. The zero-order valence-electron chi connectivity index (χ0n) is 10.0. The number of nitrogens with two attached hydrogens (primary N) is 1. The molecule has 1 fully saturated rings. The van der Waals surface area contributed by atoms with Gasteiger partial charge in [-0.25, -0.2) is 4.98 Å². The molecular formula is C12H18N4O. The first-order chi connectivity index (χ1) is 8.18. The van der Waals surface area contributed by atoms with Crippen LogP contribution in [0.2, 0.25) is 0 Å². The fourth-order valence-electron chi connectivity index (χ4n) is 1.92. The zero-order chi connectivity index (χ0) is 12.3. The van der Waals surface area contributed by atoms with Crippen LogP contribution < -0.4 is 16.0 Å². The first-order valence-corrected chi connectivity index (χ1v) is 5.95. The van der Waals surface area contributed by atoms with Gasteiger partial charge in [-0.1, -0.05) is 0 Å². The third-order valence-corrected chi connectivity index (χ3v) is 2.86. The molecule has 17 heavy (non-hydrogen) atoms. The Morgan fingerprint density at radius 3 is 2.88 bits per heavy atom. The predicted molar refractivity (Wildman–Crippen MR) is 68.0 cm³/mol. The van der Waals surface area contributed by atoms with Crippen molar-refractivity contribution in [2.75, 3.05) is 23.3 Å². The van der Waals surface area contributed by atoms with Crippen molar-refractivity contribution < 1.29 is 4.79 Å². The molecule has 0 aromatic carbocycles. The molecule has 1 aromatic rings. The lowest BCUT2D eigenvalue weighted by Crippen LogP contribution is -2.33. The number of hydrogen-bond donors (Lipinski definition) is 2. The van der Waals surface area contributed by atoms with Gasteiger partial charge in [0, 0.05) is 19.3 Å². The molecule has 0 spiro atoms. The average molecular weight is 234 g/mol. The number of carbonyl (C=O) groups is 1. The number of carbonyl (C=O) groups excluding carboxylic acids is 1. The van der Waals surface area contributed by atoms with Crippen LogP contribution in [0.25, 0.3) is 0 Å². The highest BCUT2D eigenvalue weighted by Gasteiger charge is 2.18. The van der Waals surface area contributed by atoms with Gasteiger partial charge in [0.05, 0.1) is 11.7 Å². The number of aromatic nitrogens is 1. The summed E-state index contributed by atoms with van der Waals surface area (Å²) in [5, 5.41) is 2.82. The Morgan fingerprint density at radius 1 is 1.53 bits per heavy atom. The molecule has 92 valence electrons. The van der Waals surface area contributed by atoms with Gasteiger partial charge in [0.15, 0.2) is 5.82 Å². The van der Waals surface area contributed by atoms with Gasteiger partial charge in [-0.05, 0) is 31.9 Å². The molecule has 1 saturated heterocycles. The minimum Gasteiger partial charge on any atom is -0.355 e. The van der Waals surface area contributed by atoms with Gasteiger partial charge in [-0.15, -0.1) is 0 Å². The van der Waals surface area contributed by atoms with E-state index >= 15 is 0 Å². The molecule has 5 nitrogen and oxygen atoms in total. The summed E-state index contributed by atoms with van der Waals surface area (Å²) in [7, 11) is 0. The molecule has 1 unspecified atom stereocenters. The van der Waals surface area contributed by atoms with Crippen LogP contribution in [-0.2, 0) is 4.79 Å². The van der Waals surface area contributed by atoms with Crippen LogP contribution in [0.5, 0.6) is 0 Å². The molecule has 2 heterocycles. The smallest absolute Gasteiger partial charge is 0.241 e. The molecular weight excluding hydrogens is 216 g/mol. The van der Waals surface area contributed by atoms with Crippen LogP contribution in [0, 0.1) is 0 Å². The van der Waals surface area contributed by atoms with Crippen molar-refractivity contribution in [2.24, 2.45) is 5.73 Å². The number of amides is 1. The van der Waals surface area contributed by atoms with Crippen molar-refractivity contribution >= 4 is 17.4 Å². The Kier molecular flexibility index (Phi) is 3.58. The number of pyridine rings is 1. The summed E-state index contributed by atoms with van der Waals surface area (Å²) in [6.45, 7) is 3.66. The van der Waals surface area contributed by atoms with Crippen LogP contribution in [-0.4, -0.2) is 30.0 Å². The Labute approximate surface area is 101 Å². The van der Waals surface area contributed by atoms with E-state index in [1.165, 1.54) is 12.8 Å². The molecule has 2 rings (SSSR count). The highest BCUT2D eigenvalue weighted by molar-refractivity contribution is 5.96. The summed E-state index contributed by atoms with van der Waals surface area (Å²) in [5.41, 5.74) is 6.29. The average Bonchev–Trinajstić information content (AvgIpc) is 2.83. The minimum absolute atomic E-state index is 0.182. The summed E-state index contributed by atoms with van der Waals surface area (Å²) in [4.78, 5) is 18.1. The number of anilines is 2. The third kappa shape index (κ3) is 2.74. The van der Waals surface area contributed by atoms with E-state index in [9.17, 15) is 4.79 Å². The predicted octanol–water partition coefficient (Wildman–Crippen LogP) is 0.967. The van der Waals surface area contributed by atoms with E-state index in [2.05, 4.69) is 15.2 Å². The molecule has 0 aliphatic carbocycles. The number of nitrogens with one attached hydrogen (secondary N) is 1. The second kappa shape index (κ2) is 5.14. The first kappa shape index (κ1) is 11.9. The molecule has 0 saturated carbocycles. The Morgan fingerprint density at radius 2 is 2.24 bits per heavy atom. The summed E-state index contributed by atoms with van der Waals surface area (Å²) in [5.74, 6) is 0.664. The second-order valence-electron chi connectivity index (χ2n) is 4.35. The monoisotopic (exact) mass is 234 g/mol. The zero-order valence-corrected chi connectivity index (χ0v) is 10.0. The number of nitrogens with zero attached hydrogens (tertiary/aromatic N) is 2. The molecule has 5 heteroatoms. The molecule has 3 N–H and O–H groups in total. The standard InChI is InChI=1S/C12H18N4O/c1-9(13)12(17)15-10-5-4-6-14-11(10)16-7-2-3-8-16/h4-6,9H,2-3,7-8,13H2,1H3,(H,15,17). The fourth-order valence-corrected chi connectivity index (χ4v) is 1.92. The Hall–Kier alpha value is -1.62. The van der Waals surface area contributed by atoms with E-state index in [0.717, 1.165) is 24.6 Å². The van der Waals surface area contributed by atoms with E-state index in [-0.39, 0.29) is 5.91 Å². The molecule has 1 aliphatic rings. The lowest BCUT2D eigenvalue weighted by Gasteiger charge is -2.20. The van der Waals surface area contributed by atoms with Crippen LogP contribution in [0.4, 0.5) is 11.5 Å². The quantitative estimate of drug-likeness (QED) is 0.817. The van der Waals surface area contributed by atoms with E-state index in [1.54, 1.807) is 13.1 Å². The summed E-state index contributed by atoms with van der Waals surface area (Å²) < 4.78 is 0. The first-order valence-electron chi connectivity index (χ1n) is 5.95. The highest BCUT2D eigenvalue weighted by atomic mass is 16.2. The number of hydrogen-bond acceptors (Lipinski definition) is 4. The fraction of sp³-hybridized carbons (Fsp3) is 0.500. The summed E-state index contributed by atoms with van der Waals surface area (Å²) >= 11 is 0. The van der Waals surface area contributed by atoms with E-state index < -0.39 is 6.04 Å². The van der Waals surface area contributed by atoms with Gasteiger partial charge in [-0.3, -0.25) is 4.79 Å². The van der Waals surface area contributed by atoms with E-state index in [0.29, 0.717) is 0 Å². The lowest BCUT2D eigenvalue weighted by atomic mass is 10.3. The SMILES string of the molecule is CC(N)C(=O)Nc1cccnc1N1CCCC1. The van der Waals surface area contributed by atoms with Gasteiger partial charge < -0.3 is 16.0 Å². The van der Waals surface area contributed by atoms with Crippen LogP contribution in [0.1, 0.15) is 19.8 Å². The van der Waals surface area contributed by atoms with Crippen molar-refractivity contribution in [3.8, 4) is 0 Å². The third-order valence-electron chi connectivity index (χ3n) is 2.86. The molecule has 1 aliphatic heterocycles. The summed E-state index contributed by atoms with van der Waals surface area (Å²) in [6, 6.07) is 3.17. The van der Waals surface area contributed by atoms with Crippen LogP contribution >= 0.6 is 0 Å². The van der Waals surface area contributed by atoms with Gasteiger partial charge in [0.2, 0.25) is 5.91 Å². The topological polar surface area (TPSA) is 71.2 Å². The largest absolute Gasteiger partial charge is 0.355 e. The molecule has 0 bridgehead atoms. The normalized spacial score (nSPS) is 16.9. The van der Waals surface area contributed by atoms with Crippen molar-refractivity contribution in [1.29, 1.82) is 0 Å². The van der Waals surface area contributed by atoms with Crippen LogP contribution in [0.15, 0.2) is 18.3 Å². The van der Waals surface area contributed by atoms with Gasteiger partial charge >= 0.3 is 0 Å². The van der Waals surface area contributed by atoms with Gasteiger partial charge in [-0.2, -0.15) is 0 Å². The maximum absolute atomic E-state index is 11.6.